The highest BCUT2D eigenvalue weighted by Gasteiger charge is 2.17. The van der Waals surface area contributed by atoms with Gasteiger partial charge in [-0.1, -0.05) is 6.92 Å². The number of hydrogen-bond donors (Lipinski definition) is 0. The van der Waals surface area contributed by atoms with Crippen LogP contribution in [0.15, 0.2) is 24.5 Å². The summed E-state index contributed by atoms with van der Waals surface area (Å²) in [6.07, 6.45) is 4.55. The molecule has 0 N–H and O–H groups in total. The second-order valence-corrected chi connectivity index (χ2v) is 4.97. The number of pyridine rings is 1. The number of aromatic nitrogens is 1. The summed E-state index contributed by atoms with van der Waals surface area (Å²) < 4.78 is 0. The number of rotatable bonds is 6. The Morgan fingerprint density at radius 1 is 1.35 bits per heavy atom. The summed E-state index contributed by atoms with van der Waals surface area (Å²) in [5.41, 5.74) is 1.04. The van der Waals surface area contributed by atoms with Gasteiger partial charge in [-0.3, -0.25) is 9.88 Å². The highest BCUT2D eigenvalue weighted by molar-refractivity contribution is 5.09. The summed E-state index contributed by atoms with van der Waals surface area (Å²) in [6, 6.07) is 6.43. The van der Waals surface area contributed by atoms with E-state index in [-0.39, 0.29) is 5.41 Å². The molecule has 92 valence electrons. The molecule has 0 fully saturated rings. The lowest BCUT2D eigenvalue weighted by Crippen LogP contribution is -2.27. The highest BCUT2D eigenvalue weighted by atomic mass is 15.1. The fourth-order valence-corrected chi connectivity index (χ4v) is 1.59. The van der Waals surface area contributed by atoms with Gasteiger partial charge in [0.1, 0.15) is 0 Å². The van der Waals surface area contributed by atoms with Gasteiger partial charge in [0, 0.05) is 18.9 Å². The molecule has 3 heteroatoms. The number of nitriles is 1. The van der Waals surface area contributed by atoms with Crippen molar-refractivity contribution in [3.8, 4) is 6.07 Å². The largest absolute Gasteiger partial charge is 0.299 e. The normalized spacial score (nSPS) is 11.5. The third kappa shape index (κ3) is 4.97. The summed E-state index contributed by atoms with van der Waals surface area (Å²) in [5, 5.41) is 8.99. The fourth-order valence-electron chi connectivity index (χ4n) is 1.59. The Bertz CT molecular complexity index is 365. The lowest BCUT2D eigenvalue weighted by atomic mass is 9.91. The van der Waals surface area contributed by atoms with Crippen LogP contribution in [0.25, 0.3) is 0 Å². The molecule has 0 amide bonds. The molecule has 0 aliphatic rings. The lowest BCUT2D eigenvalue weighted by molar-refractivity contribution is 0.245. The monoisotopic (exact) mass is 231 g/mol. The van der Waals surface area contributed by atoms with Crippen molar-refractivity contribution in [2.45, 2.75) is 33.7 Å². The second kappa shape index (κ2) is 6.36. The van der Waals surface area contributed by atoms with Crippen molar-refractivity contribution >= 4 is 0 Å². The summed E-state index contributed by atoms with van der Waals surface area (Å²) in [5.74, 6) is 0. The molecule has 0 atom stereocenters. The second-order valence-electron chi connectivity index (χ2n) is 4.97. The molecular weight excluding hydrogens is 210 g/mol. The lowest BCUT2D eigenvalue weighted by Gasteiger charge is -2.24. The Balaban J connectivity index is 2.48. The van der Waals surface area contributed by atoms with Crippen LogP contribution >= 0.6 is 0 Å². The van der Waals surface area contributed by atoms with Crippen molar-refractivity contribution < 1.29 is 0 Å². The van der Waals surface area contributed by atoms with E-state index in [0.29, 0.717) is 0 Å². The van der Waals surface area contributed by atoms with Crippen LogP contribution in [-0.2, 0) is 6.54 Å². The molecule has 0 bridgehead atoms. The standard InChI is InChI=1S/C14H21N3/c1-4-17(10-7-14(2,3)12-15)11-13-5-8-16-9-6-13/h5-6,8-9H,4,7,10-11H2,1-3H3. The van der Waals surface area contributed by atoms with Crippen LogP contribution in [0, 0.1) is 16.7 Å². The summed E-state index contributed by atoms with van der Waals surface area (Å²) in [7, 11) is 0. The maximum atomic E-state index is 8.99. The Morgan fingerprint density at radius 3 is 2.53 bits per heavy atom. The molecule has 1 aromatic rings. The van der Waals surface area contributed by atoms with E-state index in [4.69, 9.17) is 5.26 Å². The van der Waals surface area contributed by atoms with Gasteiger partial charge >= 0.3 is 0 Å². The first kappa shape index (κ1) is 13.7. The molecule has 17 heavy (non-hydrogen) atoms. The smallest absolute Gasteiger partial charge is 0.0684 e. The molecule has 0 aromatic carbocycles. The van der Waals surface area contributed by atoms with Crippen LogP contribution in [0.1, 0.15) is 32.8 Å². The quantitative estimate of drug-likeness (QED) is 0.755. The molecule has 1 heterocycles. The molecular formula is C14H21N3. The Labute approximate surface area is 104 Å². The average molecular weight is 231 g/mol. The minimum Gasteiger partial charge on any atom is -0.299 e. The highest BCUT2D eigenvalue weighted by Crippen LogP contribution is 2.19. The molecule has 0 radical (unpaired) electrons. The summed E-state index contributed by atoms with van der Waals surface area (Å²) in [4.78, 5) is 6.37. The molecule has 0 saturated carbocycles. The van der Waals surface area contributed by atoms with Crippen LogP contribution in [0.3, 0.4) is 0 Å². The first-order chi connectivity index (χ1) is 8.07. The van der Waals surface area contributed by atoms with Crippen molar-refractivity contribution in [3.63, 3.8) is 0 Å². The van der Waals surface area contributed by atoms with Gasteiger partial charge in [-0.05, 0) is 51.1 Å². The van der Waals surface area contributed by atoms with Crippen molar-refractivity contribution in [2.24, 2.45) is 5.41 Å². The first-order valence-electron chi connectivity index (χ1n) is 6.10. The van der Waals surface area contributed by atoms with Gasteiger partial charge in [-0.15, -0.1) is 0 Å². The van der Waals surface area contributed by atoms with Gasteiger partial charge in [0.2, 0.25) is 0 Å². The molecule has 0 spiro atoms. The topological polar surface area (TPSA) is 39.9 Å². The van der Waals surface area contributed by atoms with E-state index in [9.17, 15) is 0 Å². The van der Waals surface area contributed by atoms with Crippen molar-refractivity contribution in [1.82, 2.24) is 9.88 Å². The van der Waals surface area contributed by atoms with E-state index in [1.165, 1.54) is 5.56 Å². The zero-order valence-electron chi connectivity index (χ0n) is 11.0. The minimum atomic E-state index is -0.230. The van der Waals surface area contributed by atoms with E-state index in [1.54, 1.807) is 0 Å². The van der Waals surface area contributed by atoms with E-state index in [0.717, 1.165) is 26.1 Å². The van der Waals surface area contributed by atoms with Gasteiger partial charge < -0.3 is 0 Å². The Hall–Kier alpha value is -1.40. The van der Waals surface area contributed by atoms with Crippen LogP contribution < -0.4 is 0 Å². The third-order valence-electron chi connectivity index (χ3n) is 2.96. The Kier molecular flexibility index (Phi) is 5.11. The molecule has 3 nitrogen and oxygen atoms in total. The first-order valence-corrected chi connectivity index (χ1v) is 6.10. The molecule has 0 unspecified atom stereocenters. The zero-order valence-corrected chi connectivity index (χ0v) is 11.0. The van der Waals surface area contributed by atoms with Crippen LogP contribution in [0.4, 0.5) is 0 Å². The molecule has 0 saturated heterocycles. The zero-order chi connectivity index (χ0) is 12.7. The van der Waals surface area contributed by atoms with Gasteiger partial charge in [-0.25, -0.2) is 0 Å². The summed E-state index contributed by atoms with van der Waals surface area (Å²) in [6.45, 7) is 9.03. The predicted octanol–water partition coefficient (Wildman–Crippen LogP) is 2.84. The predicted molar refractivity (Wildman–Crippen MR) is 69.2 cm³/mol. The summed E-state index contributed by atoms with van der Waals surface area (Å²) >= 11 is 0. The maximum absolute atomic E-state index is 8.99. The molecule has 1 aromatic heterocycles. The van der Waals surface area contributed by atoms with E-state index in [2.05, 4.69) is 22.9 Å². The van der Waals surface area contributed by atoms with Gasteiger partial charge in [0.05, 0.1) is 11.5 Å². The Morgan fingerprint density at radius 2 is 2.00 bits per heavy atom. The van der Waals surface area contributed by atoms with Crippen LogP contribution in [0.2, 0.25) is 0 Å². The van der Waals surface area contributed by atoms with Crippen LogP contribution in [-0.4, -0.2) is 23.0 Å². The van der Waals surface area contributed by atoms with Gasteiger partial charge in [0.15, 0.2) is 0 Å². The third-order valence-corrected chi connectivity index (χ3v) is 2.96. The van der Waals surface area contributed by atoms with E-state index in [1.807, 2.05) is 38.4 Å². The van der Waals surface area contributed by atoms with Crippen molar-refractivity contribution in [1.29, 1.82) is 5.26 Å². The minimum absolute atomic E-state index is 0.230. The molecule has 0 aliphatic carbocycles. The van der Waals surface area contributed by atoms with Gasteiger partial charge in [0.25, 0.3) is 0 Å². The molecule has 0 aliphatic heterocycles. The maximum Gasteiger partial charge on any atom is 0.0684 e. The van der Waals surface area contributed by atoms with Crippen molar-refractivity contribution in [3.05, 3.63) is 30.1 Å². The van der Waals surface area contributed by atoms with E-state index >= 15 is 0 Å². The van der Waals surface area contributed by atoms with Gasteiger partial charge in [-0.2, -0.15) is 5.26 Å². The SMILES string of the molecule is CCN(CCC(C)(C)C#N)Cc1ccncc1. The van der Waals surface area contributed by atoms with Crippen LogP contribution in [0.5, 0.6) is 0 Å². The average Bonchev–Trinajstić information content (AvgIpc) is 2.35. The van der Waals surface area contributed by atoms with E-state index < -0.39 is 0 Å². The van der Waals surface area contributed by atoms with Crippen molar-refractivity contribution in [2.75, 3.05) is 13.1 Å². The number of hydrogen-bond acceptors (Lipinski definition) is 3. The molecule has 1 rings (SSSR count). The fraction of sp³-hybridized carbons (Fsp3) is 0.571. The number of nitrogens with zero attached hydrogens (tertiary/aromatic N) is 3.